The standard InChI is InChI=1S/C46H54N4O11S/c1-10-13-56-39-23(3)40-41(59-21-58-40)33-29-19-57-43(52)46(26-17-30(54-8)31(16-24(26)11-12-48-46)60-44(53)61-45(4,5)6)20-62-42(34(33)39)36-35-32-25(14-22(2)38(55-9)37(32)51)15-27(49(35)7)28(18-47)50(29)36/h14,16-17,27-29,35-36,42,48,51H,10-13,15,19-21H2,1-9H3/t27-,28-,29-,35+,36?,42+,46+/m0/s1. The summed E-state index contributed by atoms with van der Waals surface area (Å²) in [6.45, 7) is 12.0. The molecule has 330 valence electrons. The van der Waals surface area contributed by atoms with Gasteiger partial charge in [-0.1, -0.05) is 13.0 Å². The third-order valence-electron chi connectivity index (χ3n) is 13.2. The Morgan fingerprint density at radius 3 is 2.53 bits per heavy atom. The van der Waals surface area contributed by atoms with E-state index in [-0.39, 0.29) is 42.4 Å². The number of likely N-dealkylation sites (N-methyl/N-ethyl adjacent to an activating group) is 1. The fourth-order valence-corrected chi connectivity index (χ4v) is 12.4. The van der Waals surface area contributed by atoms with Gasteiger partial charge in [0.05, 0.1) is 44.2 Å². The Kier molecular flexibility index (Phi) is 10.6. The van der Waals surface area contributed by atoms with Crippen LogP contribution in [-0.4, -0.2) is 104 Å². The first kappa shape index (κ1) is 42.2. The zero-order valence-corrected chi connectivity index (χ0v) is 37.4. The van der Waals surface area contributed by atoms with Gasteiger partial charge in [-0.05, 0) is 95.3 Å². The normalized spacial score (nSPS) is 27.2. The number of aromatic hydroxyl groups is 1. The van der Waals surface area contributed by atoms with Crippen LogP contribution in [0.15, 0.2) is 18.2 Å². The minimum absolute atomic E-state index is 0.00886. The fraction of sp³-hybridized carbons (Fsp3) is 0.543. The zero-order valence-electron chi connectivity index (χ0n) is 36.6. The molecule has 7 aliphatic rings. The van der Waals surface area contributed by atoms with Gasteiger partial charge in [-0.15, -0.1) is 11.8 Å². The van der Waals surface area contributed by atoms with E-state index in [1.807, 2.05) is 20.9 Å². The van der Waals surface area contributed by atoms with Crippen molar-refractivity contribution in [2.24, 2.45) is 0 Å². The molecule has 0 radical (unpaired) electrons. The number of nitrogens with one attached hydrogen (secondary N) is 1. The van der Waals surface area contributed by atoms with Gasteiger partial charge >= 0.3 is 12.1 Å². The highest BCUT2D eigenvalue weighted by molar-refractivity contribution is 7.99. The number of methoxy groups -OCH3 is 2. The Morgan fingerprint density at radius 2 is 1.82 bits per heavy atom. The lowest BCUT2D eigenvalue weighted by atomic mass is 9.71. The smallest absolute Gasteiger partial charge is 0.504 e. The van der Waals surface area contributed by atoms with Crippen LogP contribution in [-0.2, 0) is 32.6 Å². The van der Waals surface area contributed by atoms with E-state index in [9.17, 15) is 15.2 Å². The number of phenolic OH excluding ortho intramolecular Hbond substituents is 1. The topological polar surface area (TPSA) is 171 Å². The molecule has 0 amide bonds. The molecule has 4 bridgehead atoms. The molecule has 15 nitrogen and oxygen atoms in total. The van der Waals surface area contributed by atoms with Crippen LogP contribution in [0.4, 0.5) is 4.79 Å². The second kappa shape index (κ2) is 15.6. The molecular formula is C46H54N4O11S. The maximum Gasteiger partial charge on any atom is 0.514 e. The van der Waals surface area contributed by atoms with Crippen molar-refractivity contribution in [2.45, 2.75) is 107 Å². The number of nitriles is 1. The van der Waals surface area contributed by atoms with Crippen molar-refractivity contribution in [3.63, 3.8) is 0 Å². The molecule has 0 aliphatic carbocycles. The quantitative estimate of drug-likeness (QED) is 0.204. The lowest BCUT2D eigenvalue weighted by molar-refractivity contribution is -0.157. The largest absolute Gasteiger partial charge is 0.514 e. The summed E-state index contributed by atoms with van der Waals surface area (Å²) in [6.07, 6.45) is 0.929. The van der Waals surface area contributed by atoms with Crippen molar-refractivity contribution in [2.75, 3.05) is 53.6 Å². The predicted octanol–water partition coefficient (Wildman–Crippen LogP) is 6.46. The van der Waals surface area contributed by atoms with Crippen LogP contribution in [0.2, 0.25) is 0 Å². The van der Waals surface area contributed by atoms with E-state index in [4.69, 9.17) is 37.9 Å². The molecule has 1 spiro atoms. The number of ether oxygens (including phenoxy) is 8. The molecule has 2 saturated heterocycles. The summed E-state index contributed by atoms with van der Waals surface area (Å²) in [6, 6.07) is 5.81. The average Bonchev–Trinajstić information content (AvgIpc) is 3.72. The Bertz CT molecular complexity index is 2400. The number of benzene rings is 3. The number of fused-ring (bicyclic) bond motifs is 9. The highest BCUT2D eigenvalue weighted by Gasteiger charge is 2.62. The van der Waals surface area contributed by atoms with Gasteiger partial charge in [0.25, 0.3) is 0 Å². The molecule has 16 heteroatoms. The van der Waals surface area contributed by atoms with Gasteiger partial charge in [-0.3, -0.25) is 15.1 Å². The van der Waals surface area contributed by atoms with Gasteiger partial charge in [-0.2, -0.15) is 5.26 Å². The second-order valence-electron chi connectivity index (χ2n) is 17.9. The molecule has 1 unspecified atom stereocenters. The minimum atomic E-state index is -1.38. The van der Waals surface area contributed by atoms with Gasteiger partial charge in [0.15, 0.2) is 40.0 Å². The minimum Gasteiger partial charge on any atom is -0.504 e. The number of esters is 1. The number of hydrogen-bond acceptors (Lipinski definition) is 16. The molecule has 7 atom stereocenters. The predicted molar refractivity (Wildman–Crippen MR) is 228 cm³/mol. The molecule has 62 heavy (non-hydrogen) atoms. The molecule has 7 heterocycles. The summed E-state index contributed by atoms with van der Waals surface area (Å²) < 4.78 is 48.6. The molecular weight excluding hydrogens is 817 g/mol. The van der Waals surface area contributed by atoms with Crippen LogP contribution >= 0.6 is 11.8 Å². The molecule has 2 N–H and O–H groups in total. The van der Waals surface area contributed by atoms with Gasteiger partial charge in [0, 0.05) is 46.6 Å². The molecule has 0 aromatic heterocycles. The number of rotatable bonds is 6. The lowest BCUT2D eigenvalue weighted by Crippen LogP contribution is -2.69. The number of aryl methyl sites for hydroxylation is 1. The van der Waals surface area contributed by atoms with Crippen molar-refractivity contribution in [3.8, 4) is 46.3 Å². The van der Waals surface area contributed by atoms with Crippen LogP contribution in [0, 0.1) is 25.2 Å². The Hall–Kier alpha value is -5.08. The highest BCUT2D eigenvalue weighted by atomic mass is 32.2. The molecule has 3 aromatic carbocycles. The van der Waals surface area contributed by atoms with Gasteiger partial charge < -0.3 is 43.0 Å². The average molecular weight is 871 g/mol. The van der Waals surface area contributed by atoms with Crippen molar-refractivity contribution < 1.29 is 52.6 Å². The van der Waals surface area contributed by atoms with Gasteiger partial charge in [0.2, 0.25) is 6.79 Å². The van der Waals surface area contributed by atoms with Crippen LogP contribution in [0.3, 0.4) is 0 Å². The third kappa shape index (κ3) is 6.40. The van der Waals surface area contributed by atoms with Crippen molar-refractivity contribution >= 4 is 23.9 Å². The molecule has 7 aliphatic heterocycles. The van der Waals surface area contributed by atoms with E-state index in [1.165, 1.54) is 7.11 Å². The van der Waals surface area contributed by atoms with E-state index in [1.54, 1.807) is 51.8 Å². The summed E-state index contributed by atoms with van der Waals surface area (Å²) in [4.78, 5) is 32.4. The highest BCUT2D eigenvalue weighted by Crippen LogP contribution is 2.64. The number of thioether (sulfide) groups is 1. The first-order valence-electron chi connectivity index (χ1n) is 21.2. The number of piperazine rings is 1. The van der Waals surface area contributed by atoms with Crippen LogP contribution in [0.5, 0.6) is 40.2 Å². The van der Waals surface area contributed by atoms with Crippen LogP contribution in [0.1, 0.15) is 96.0 Å². The number of nitrogens with zero attached hydrogens (tertiary/aromatic N) is 3. The van der Waals surface area contributed by atoms with E-state index in [0.29, 0.717) is 54.6 Å². The maximum absolute atomic E-state index is 15.1. The Morgan fingerprint density at radius 1 is 1.05 bits per heavy atom. The summed E-state index contributed by atoms with van der Waals surface area (Å²) in [5, 5.41) is 26.6. The summed E-state index contributed by atoms with van der Waals surface area (Å²) in [5.74, 6) is 2.42. The van der Waals surface area contributed by atoms with E-state index >= 15 is 4.79 Å². The molecule has 0 saturated carbocycles. The SMILES string of the molecule is CCCOc1c(C)c2c(c3c1[C@H]1SC[C@]4(NCCc5cc(OC(=O)OC(C)(C)C)c(OC)cc54)C(=O)OC[C@@H]3N3C1[C@H]1c4c(cc(C)c(OC)c4O)C[C@@H]([C@@H]3C#N)N1C)OCO2. The third-order valence-corrected chi connectivity index (χ3v) is 14.7. The Balaban J connectivity index is 1.26. The van der Waals surface area contributed by atoms with E-state index in [0.717, 1.165) is 45.4 Å². The van der Waals surface area contributed by atoms with Gasteiger partial charge in [0.1, 0.15) is 24.0 Å². The van der Waals surface area contributed by atoms with Crippen molar-refractivity contribution in [1.82, 2.24) is 15.1 Å². The second-order valence-corrected chi connectivity index (χ2v) is 19.0. The number of carbonyl (C=O) groups excluding carboxylic acids is 2. The zero-order chi connectivity index (χ0) is 44.0. The maximum atomic E-state index is 15.1. The molecule has 2 fully saturated rings. The van der Waals surface area contributed by atoms with E-state index < -0.39 is 52.7 Å². The first-order chi connectivity index (χ1) is 29.7. The number of phenols is 1. The summed E-state index contributed by atoms with van der Waals surface area (Å²) in [5.41, 5.74) is 4.30. The van der Waals surface area contributed by atoms with Crippen molar-refractivity contribution in [3.05, 3.63) is 62.7 Å². The first-order valence-corrected chi connectivity index (χ1v) is 22.3. The fourth-order valence-electron chi connectivity index (χ4n) is 10.7. The monoisotopic (exact) mass is 870 g/mol. The lowest BCUT2D eigenvalue weighted by Gasteiger charge is -2.62. The Labute approximate surface area is 365 Å². The number of carbonyl (C=O) groups is 2. The van der Waals surface area contributed by atoms with E-state index in [2.05, 4.69) is 34.2 Å². The summed E-state index contributed by atoms with van der Waals surface area (Å²) >= 11 is 1.57. The van der Waals surface area contributed by atoms with Crippen molar-refractivity contribution in [1.29, 1.82) is 5.26 Å². The number of hydrogen-bond donors (Lipinski definition) is 2. The van der Waals surface area contributed by atoms with Crippen LogP contribution in [0.25, 0.3) is 0 Å². The molecule has 3 aromatic rings. The summed E-state index contributed by atoms with van der Waals surface area (Å²) in [7, 11) is 5.08. The van der Waals surface area contributed by atoms with Gasteiger partial charge in [-0.25, -0.2) is 9.59 Å². The van der Waals surface area contributed by atoms with Crippen LogP contribution < -0.4 is 33.7 Å². The molecule has 10 rings (SSSR count).